The number of aryl methyl sites for hydroxylation is 2. The summed E-state index contributed by atoms with van der Waals surface area (Å²) in [6.07, 6.45) is 0.923. The maximum Gasteiger partial charge on any atom is 0.336 e. The van der Waals surface area contributed by atoms with E-state index in [2.05, 4.69) is 4.90 Å². The molecule has 0 aliphatic carbocycles. The second-order valence-corrected chi connectivity index (χ2v) is 5.91. The molecule has 5 heteroatoms. The van der Waals surface area contributed by atoms with Crippen molar-refractivity contribution >= 4 is 11.9 Å². The van der Waals surface area contributed by atoms with Crippen LogP contribution in [0.1, 0.15) is 38.3 Å². The van der Waals surface area contributed by atoms with Gasteiger partial charge in [0.2, 0.25) is 0 Å². The van der Waals surface area contributed by atoms with E-state index in [9.17, 15) is 14.7 Å². The van der Waals surface area contributed by atoms with E-state index in [4.69, 9.17) is 0 Å². The Morgan fingerprint density at radius 1 is 1.19 bits per heavy atom. The molecule has 1 N–H and O–H groups in total. The van der Waals surface area contributed by atoms with E-state index < -0.39 is 5.97 Å². The van der Waals surface area contributed by atoms with Crippen molar-refractivity contribution in [2.75, 3.05) is 27.2 Å². The van der Waals surface area contributed by atoms with Crippen LogP contribution in [0.4, 0.5) is 0 Å². The number of nitrogens with zero attached hydrogens (tertiary/aromatic N) is 2. The smallest absolute Gasteiger partial charge is 0.336 e. The maximum absolute atomic E-state index is 12.8. The molecule has 1 aliphatic rings. The summed E-state index contributed by atoms with van der Waals surface area (Å²) in [6.45, 7) is 4.84. The van der Waals surface area contributed by atoms with Gasteiger partial charge in [0, 0.05) is 19.1 Å². The molecule has 1 unspecified atom stereocenters. The minimum Gasteiger partial charge on any atom is -0.478 e. The minimum absolute atomic E-state index is 0.133. The number of carboxylic acid groups (broad SMARTS) is 1. The Hall–Kier alpha value is -1.88. The first-order valence-electron chi connectivity index (χ1n) is 7.12. The van der Waals surface area contributed by atoms with Crippen molar-refractivity contribution in [1.29, 1.82) is 0 Å². The zero-order valence-electron chi connectivity index (χ0n) is 13.0. The van der Waals surface area contributed by atoms with E-state index in [1.807, 2.05) is 20.2 Å². The monoisotopic (exact) mass is 290 g/mol. The summed E-state index contributed by atoms with van der Waals surface area (Å²) >= 11 is 0. The molecule has 0 aromatic heterocycles. The van der Waals surface area contributed by atoms with Gasteiger partial charge in [0.1, 0.15) is 0 Å². The third-order valence-electron chi connectivity index (χ3n) is 4.23. The van der Waals surface area contributed by atoms with E-state index in [-0.39, 0.29) is 11.5 Å². The first kappa shape index (κ1) is 15.5. The highest BCUT2D eigenvalue weighted by Gasteiger charge is 2.31. The number of carbonyl (C=O) groups is 2. The summed E-state index contributed by atoms with van der Waals surface area (Å²) in [7, 11) is 4.00. The van der Waals surface area contributed by atoms with Crippen LogP contribution in [0.15, 0.2) is 12.1 Å². The van der Waals surface area contributed by atoms with Crippen LogP contribution in [0.5, 0.6) is 0 Å². The fourth-order valence-electron chi connectivity index (χ4n) is 2.87. The molecule has 1 aromatic carbocycles. The van der Waals surface area contributed by atoms with Crippen molar-refractivity contribution in [3.8, 4) is 0 Å². The summed E-state index contributed by atoms with van der Waals surface area (Å²) in [5, 5.41) is 9.42. The Balaban J connectivity index is 2.36. The predicted octanol–water partition coefficient (Wildman–Crippen LogP) is 1.78. The van der Waals surface area contributed by atoms with Crippen LogP contribution in [0, 0.1) is 13.8 Å². The van der Waals surface area contributed by atoms with Crippen molar-refractivity contribution in [3.05, 3.63) is 34.4 Å². The molecule has 5 nitrogen and oxygen atoms in total. The van der Waals surface area contributed by atoms with Gasteiger partial charge in [0.15, 0.2) is 0 Å². The van der Waals surface area contributed by atoms with Crippen LogP contribution in [0.2, 0.25) is 0 Å². The lowest BCUT2D eigenvalue weighted by atomic mass is 9.96. The van der Waals surface area contributed by atoms with Crippen molar-refractivity contribution in [2.24, 2.45) is 0 Å². The highest BCUT2D eigenvalue weighted by atomic mass is 16.4. The second kappa shape index (κ2) is 5.85. The van der Waals surface area contributed by atoms with Crippen LogP contribution < -0.4 is 0 Å². The van der Waals surface area contributed by atoms with Gasteiger partial charge in [-0.05, 0) is 45.5 Å². The summed E-state index contributed by atoms with van der Waals surface area (Å²) in [5.41, 5.74) is 1.81. The molecule has 0 saturated carbocycles. The third-order valence-corrected chi connectivity index (χ3v) is 4.23. The van der Waals surface area contributed by atoms with Gasteiger partial charge in [0.25, 0.3) is 5.91 Å². The zero-order valence-corrected chi connectivity index (χ0v) is 13.0. The molecule has 114 valence electrons. The number of aromatic carboxylic acids is 1. The van der Waals surface area contributed by atoms with E-state index in [0.717, 1.165) is 12.0 Å². The molecular formula is C16H22N2O3. The lowest BCUT2D eigenvalue weighted by Gasteiger charge is -2.22. The normalized spacial score (nSPS) is 18.3. The van der Waals surface area contributed by atoms with Crippen LogP contribution in [0.3, 0.4) is 0 Å². The Morgan fingerprint density at radius 3 is 2.24 bits per heavy atom. The number of likely N-dealkylation sites (tertiary alicyclic amines) is 1. The number of carboxylic acids is 1. The molecule has 1 aromatic rings. The van der Waals surface area contributed by atoms with Crippen LogP contribution in [0.25, 0.3) is 0 Å². The number of likely N-dealkylation sites (N-methyl/N-ethyl adjacent to an activating group) is 1. The summed E-state index contributed by atoms with van der Waals surface area (Å²) < 4.78 is 0. The fraction of sp³-hybridized carbons (Fsp3) is 0.500. The largest absolute Gasteiger partial charge is 0.478 e. The van der Waals surface area contributed by atoms with Crippen molar-refractivity contribution in [3.63, 3.8) is 0 Å². The molecule has 1 amide bonds. The first-order chi connectivity index (χ1) is 9.82. The van der Waals surface area contributed by atoms with Gasteiger partial charge in [-0.1, -0.05) is 12.1 Å². The number of hydrogen-bond acceptors (Lipinski definition) is 3. The number of hydrogen-bond donors (Lipinski definition) is 1. The number of carbonyl (C=O) groups excluding carboxylic acids is 1. The molecule has 0 radical (unpaired) electrons. The predicted molar refractivity (Wildman–Crippen MR) is 80.9 cm³/mol. The van der Waals surface area contributed by atoms with E-state index in [1.165, 1.54) is 0 Å². The molecule has 0 spiro atoms. The third kappa shape index (κ3) is 2.93. The lowest BCUT2D eigenvalue weighted by Crippen LogP contribution is -2.35. The van der Waals surface area contributed by atoms with Crippen molar-refractivity contribution < 1.29 is 14.7 Å². The summed E-state index contributed by atoms with van der Waals surface area (Å²) in [6, 6.07) is 3.91. The topological polar surface area (TPSA) is 60.9 Å². The summed E-state index contributed by atoms with van der Waals surface area (Å²) in [5.74, 6) is -1.21. The van der Waals surface area contributed by atoms with Crippen LogP contribution in [-0.2, 0) is 0 Å². The molecule has 1 aliphatic heterocycles. The van der Waals surface area contributed by atoms with Gasteiger partial charge in [-0.25, -0.2) is 4.79 Å². The zero-order chi connectivity index (χ0) is 15.7. The second-order valence-electron chi connectivity index (χ2n) is 5.91. The van der Waals surface area contributed by atoms with E-state index >= 15 is 0 Å². The van der Waals surface area contributed by atoms with Gasteiger partial charge < -0.3 is 14.9 Å². The molecular weight excluding hydrogens is 268 g/mol. The average Bonchev–Trinajstić information content (AvgIpc) is 2.89. The highest BCUT2D eigenvalue weighted by Crippen LogP contribution is 2.23. The SMILES string of the molecule is Cc1ccc(C)c(C(=O)N2CCC(N(C)C)C2)c1C(=O)O. The first-order valence-corrected chi connectivity index (χ1v) is 7.12. The van der Waals surface area contributed by atoms with Crippen molar-refractivity contribution in [1.82, 2.24) is 9.80 Å². The molecule has 2 rings (SSSR count). The van der Waals surface area contributed by atoms with Gasteiger partial charge in [-0.2, -0.15) is 0 Å². The van der Waals surface area contributed by atoms with Gasteiger partial charge >= 0.3 is 5.97 Å². The molecule has 1 fully saturated rings. The molecule has 1 atom stereocenters. The van der Waals surface area contributed by atoms with Gasteiger partial charge in [-0.15, -0.1) is 0 Å². The number of amides is 1. The molecule has 0 bridgehead atoms. The van der Waals surface area contributed by atoms with Crippen molar-refractivity contribution in [2.45, 2.75) is 26.3 Å². The Labute approximate surface area is 125 Å². The highest BCUT2D eigenvalue weighted by molar-refractivity contribution is 6.06. The molecule has 1 heterocycles. The quantitative estimate of drug-likeness (QED) is 0.922. The van der Waals surface area contributed by atoms with Gasteiger partial charge in [0.05, 0.1) is 11.1 Å². The lowest BCUT2D eigenvalue weighted by molar-refractivity contribution is 0.0678. The summed E-state index contributed by atoms with van der Waals surface area (Å²) in [4.78, 5) is 28.1. The van der Waals surface area contributed by atoms with Gasteiger partial charge in [-0.3, -0.25) is 4.79 Å². The Kier molecular flexibility index (Phi) is 4.32. The minimum atomic E-state index is -1.04. The standard InChI is InChI=1S/C16H22N2O3/c1-10-5-6-11(2)14(16(20)21)13(10)15(19)18-8-7-12(9-18)17(3)4/h5-6,12H,7-9H2,1-4H3,(H,20,21). The average molecular weight is 290 g/mol. The van der Waals surface area contributed by atoms with E-state index in [0.29, 0.717) is 30.3 Å². The van der Waals surface area contributed by atoms with E-state index in [1.54, 1.807) is 24.8 Å². The van der Waals surface area contributed by atoms with Crippen LogP contribution in [-0.4, -0.2) is 60.0 Å². The fourth-order valence-corrected chi connectivity index (χ4v) is 2.87. The Bertz CT molecular complexity index is 581. The number of rotatable bonds is 3. The molecule has 1 saturated heterocycles. The maximum atomic E-state index is 12.8. The number of benzene rings is 1. The Morgan fingerprint density at radius 2 is 1.76 bits per heavy atom. The van der Waals surface area contributed by atoms with Crippen LogP contribution >= 0.6 is 0 Å². The molecule has 21 heavy (non-hydrogen) atoms.